The van der Waals surface area contributed by atoms with Crippen LogP contribution in [0.2, 0.25) is 0 Å². The minimum Gasteiger partial charge on any atom is -0.351 e. The van der Waals surface area contributed by atoms with Crippen LogP contribution in [-0.2, 0) is 5.75 Å². The summed E-state index contributed by atoms with van der Waals surface area (Å²) in [5.74, 6) is 1.44. The second-order valence-electron chi connectivity index (χ2n) is 5.21. The minimum absolute atomic E-state index is 0.147. The topological polar surface area (TPSA) is 83.6 Å². The van der Waals surface area contributed by atoms with Gasteiger partial charge in [-0.05, 0) is 29.0 Å². The van der Waals surface area contributed by atoms with Gasteiger partial charge in [-0.2, -0.15) is 17.0 Å². The molecule has 25 heavy (non-hydrogen) atoms. The maximum atomic E-state index is 13.5. The van der Waals surface area contributed by atoms with E-state index in [4.69, 9.17) is 0 Å². The highest BCUT2D eigenvalue weighted by Crippen LogP contribution is 2.15. The second kappa shape index (κ2) is 8.39. The Morgan fingerprint density at radius 2 is 1.96 bits per heavy atom. The number of nitrogens with zero attached hydrogens (tertiary/aromatic N) is 3. The van der Waals surface area contributed by atoms with E-state index in [-0.39, 0.29) is 11.7 Å². The summed E-state index contributed by atoms with van der Waals surface area (Å²) in [5.41, 5.74) is 2.02. The number of benzene rings is 2. The fourth-order valence-corrected chi connectivity index (χ4v) is 3.04. The third-order valence-corrected chi connectivity index (χ3v) is 4.51. The van der Waals surface area contributed by atoms with Gasteiger partial charge in [-0.15, -0.1) is 10.2 Å². The first-order valence-electron chi connectivity index (χ1n) is 7.67. The molecule has 128 valence electrons. The number of hydrogen-bond donors (Lipinski definition) is 2. The van der Waals surface area contributed by atoms with Crippen molar-refractivity contribution in [2.24, 2.45) is 0 Å². The van der Waals surface area contributed by atoms with Crippen molar-refractivity contribution in [2.45, 2.75) is 5.75 Å². The third-order valence-electron chi connectivity index (χ3n) is 3.50. The Morgan fingerprint density at radius 3 is 2.68 bits per heavy atom. The van der Waals surface area contributed by atoms with Crippen molar-refractivity contribution in [3.63, 3.8) is 0 Å². The molecule has 1 heterocycles. The van der Waals surface area contributed by atoms with Gasteiger partial charge in [0.1, 0.15) is 5.82 Å². The number of tetrazole rings is 1. The van der Waals surface area contributed by atoms with Gasteiger partial charge in [0, 0.05) is 29.2 Å². The molecule has 0 radical (unpaired) electrons. The monoisotopic (exact) mass is 357 g/mol. The zero-order chi connectivity index (χ0) is 17.5. The molecule has 8 heteroatoms. The van der Waals surface area contributed by atoms with Gasteiger partial charge in [0.05, 0.1) is 0 Å². The molecule has 0 aliphatic rings. The molecule has 0 aliphatic carbocycles. The lowest BCUT2D eigenvalue weighted by molar-refractivity contribution is 0.0956. The summed E-state index contributed by atoms with van der Waals surface area (Å²) < 4.78 is 13.5. The van der Waals surface area contributed by atoms with Gasteiger partial charge in [-0.1, -0.05) is 30.3 Å². The van der Waals surface area contributed by atoms with Gasteiger partial charge in [0.25, 0.3) is 5.91 Å². The van der Waals surface area contributed by atoms with Gasteiger partial charge in [-0.3, -0.25) is 4.79 Å². The first-order valence-corrected chi connectivity index (χ1v) is 8.83. The SMILES string of the molecule is O=C(NCCSCc1ccccc1F)c1ccc(-c2nn[nH]n2)cc1. The smallest absolute Gasteiger partial charge is 0.251 e. The summed E-state index contributed by atoms with van der Waals surface area (Å²) in [5, 5.41) is 16.5. The lowest BCUT2D eigenvalue weighted by atomic mass is 10.1. The van der Waals surface area contributed by atoms with Crippen LogP contribution in [0.15, 0.2) is 48.5 Å². The lowest BCUT2D eigenvalue weighted by Crippen LogP contribution is -2.25. The highest BCUT2D eigenvalue weighted by atomic mass is 32.2. The average molecular weight is 357 g/mol. The number of thioether (sulfide) groups is 1. The summed E-state index contributed by atoms with van der Waals surface area (Å²) in [4.78, 5) is 12.1. The summed E-state index contributed by atoms with van der Waals surface area (Å²) in [6.07, 6.45) is 0. The fraction of sp³-hybridized carbons (Fsp3) is 0.176. The molecule has 6 nitrogen and oxygen atoms in total. The van der Waals surface area contributed by atoms with E-state index in [9.17, 15) is 9.18 Å². The summed E-state index contributed by atoms with van der Waals surface area (Å²) in [7, 11) is 0. The van der Waals surface area contributed by atoms with Crippen molar-refractivity contribution in [2.75, 3.05) is 12.3 Å². The van der Waals surface area contributed by atoms with Crippen molar-refractivity contribution in [3.05, 3.63) is 65.5 Å². The molecule has 1 amide bonds. The van der Waals surface area contributed by atoms with Gasteiger partial charge in [0.15, 0.2) is 0 Å². The molecule has 0 aliphatic heterocycles. The number of amides is 1. The first kappa shape index (κ1) is 17.1. The number of nitrogens with one attached hydrogen (secondary N) is 2. The van der Waals surface area contributed by atoms with Crippen LogP contribution in [0.3, 0.4) is 0 Å². The molecule has 2 N–H and O–H groups in total. The van der Waals surface area contributed by atoms with Gasteiger partial charge < -0.3 is 5.32 Å². The van der Waals surface area contributed by atoms with Crippen molar-refractivity contribution in [1.82, 2.24) is 25.9 Å². The van der Waals surface area contributed by atoms with Crippen molar-refractivity contribution in [1.29, 1.82) is 0 Å². The molecule has 0 saturated heterocycles. The minimum atomic E-state index is -0.194. The number of H-pyrrole nitrogens is 1. The predicted octanol–water partition coefficient (Wildman–Crippen LogP) is 2.67. The van der Waals surface area contributed by atoms with E-state index in [0.717, 1.165) is 5.56 Å². The number of carbonyl (C=O) groups excluding carboxylic acids is 1. The number of aromatic nitrogens is 4. The average Bonchev–Trinajstić information content (AvgIpc) is 3.17. The van der Waals surface area contributed by atoms with Crippen LogP contribution in [0, 0.1) is 5.82 Å². The number of carbonyl (C=O) groups is 1. The third kappa shape index (κ3) is 4.63. The Hall–Kier alpha value is -2.74. The van der Waals surface area contributed by atoms with E-state index < -0.39 is 0 Å². The summed E-state index contributed by atoms with van der Waals surface area (Å²) >= 11 is 1.58. The van der Waals surface area contributed by atoms with Crippen molar-refractivity contribution >= 4 is 17.7 Å². The van der Waals surface area contributed by atoms with Crippen LogP contribution in [-0.4, -0.2) is 38.8 Å². The van der Waals surface area contributed by atoms with Crippen LogP contribution in [0.1, 0.15) is 15.9 Å². The maximum Gasteiger partial charge on any atom is 0.251 e. The van der Waals surface area contributed by atoms with Gasteiger partial charge >= 0.3 is 0 Å². The molecular formula is C17H16FN5OS. The fourth-order valence-electron chi connectivity index (χ4n) is 2.19. The molecule has 0 unspecified atom stereocenters. The van der Waals surface area contributed by atoms with Crippen LogP contribution in [0.5, 0.6) is 0 Å². The molecule has 3 aromatic rings. The zero-order valence-corrected chi connectivity index (χ0v) is 14.1. The van der Waals surface area contributed by atoms with E-state index in [1.165, 1.54) is 6.07 Å². The van der Waals surface area contributed by atoms with E-state index in [2.05, 4.69) is 25.9 Å². The Kier molecular flexibility index (Phi) is 5.73. The molecule has 0 atom stereocenters. The molecule has 1 aromatic heterocycles. The standard InChI is InChI=1S/C17H16FN5OS/c18-15-4-2-1-3-14(15)11-25-10-9-19-17(24)13-7-5-12(6-8-13)16-20-22-23-21-16/h1-8H,9-11H2,(H,19,24)(H,20,21,22,23). The van der Waals surface area contributed by atoms with Crippen molar-refractivity contribution in [3.8, 4) is 11.4 Å². The van der Waals surface area contributed by atoms with Crippen molar-refractivity contribution < 1.29 is 9.18 Å². The van der Waals surface area contributed by atoms with E-state index in [0.29, 0.717) is 35.0 Å². The molecule has 0 bridgehead atoms. The van der Waals surface area contributed by atoms with Crippen LogP contribution >= 0.6 is 11.8 Å². The normalized spacial score (nSPS) is 10.6. The first-order chi connectivity index (χ1) is 12.2. The Labute approximate surface area is 148 Å². The maximum absolute atomic E-state index is 13.5. The van der Waals surface area contributed by atoms with E-state index in [1.807, 2.05) is 6.07 Å². The Bertz CT molecular complexity index is 823. The number of halogens is 1. The quantitative estimate of drug-likeness (QED) is 0.635. The molecule has 0 saturated carbocycles. The highest BCUT2D eigenvalue weighted by Gasteiger charge is 2.07. The number of hydrogen-bond acceptors (Lipinski definition) is 5. The molecule has 3 rings (SSSR count). The van der Waals surface area contributed by atoms with Crippen LogP contribution in [0.25, 0.3) is 11.4 Å². The molecule has 0 fully saturated rings. The Balaban J connectivity index is 1.43. The summed E-state index contributed by atoms with van der Waals surface area (Å²) in [6.45, 7) is 0.518. The van der Waals surface area contributed by atoms with E-state index in [1.54, 1.807) is 48.2 Å². The molecular weight excluding hydrogens is 341 g/mol. The van der Waals surface area contributed by atoms with Gasteiger partial charge in [-0.25, -0.2) is 4.39 Å². The van der Waals surface area contributed by atoms with Crippen LogP contribution in [0.4, 0.5) is 4.39 Å². The van der Waals surface area contributed by atoms with Gasteiger partial charge in [0.2, 0.25) is 5.82 Å². The molecule has 0 spiro atoms. The second-order valence-corrected chi connectivity index (χ2v) is 6.32. The van der Waals surface area contributed by atoms with Crippen LogP contribution < -0.4 is 5.32 Å². The number of aromatic amines is 1. The summed E-state index contributed by atoms with van der Waals surface area (Å²) in [6, 6.07) is 13.7. The largest absolute Gasteiger partial charge is 0.351 e. The van der Waals surface area contributed by atoms with E-state index >= 15 is 0 Å². The lowest BCUT2D eigenvalue weighted by Gasteiger charge is -2.06. The zero-order valence-electron chi connectivity index (χ0n) is 13.3. The number of rotatable bonds is 7. The Morgan fingerprint density at radius 1 is 1.16 bits per heavy atom. The molecule has 2 aromatic carbocycles. The highest BCUT2D eigenvalue weighted by molar-refractivity contribution is 7.98. The predicted molar refractivity (Wildman–Crippen MR) is 94.5 cm³/mol.